The number of hydrogen-bond acceptors (Lipinski definition) is 2. The second-order valence-electron chi connectivity index (χ2n) is 2.46. The number of aromatic amines is 1. The van der Waals surface area contributed by atoms with E-state index in [9.17, 15) is 13.2 Å². The third-order valence-corrected chi connectivity index (χ3v) is 1.52. The van der Waals surface area contributed by atoms with Crippen LogP contribution in [0.25, 0.3) is 0 Å². The van der Waals surface area contributed by atoms with Crippen LogP contribution in [0.1, 0.15) is 17.4 Å². The Balaban J connectivity index is 2.91. The van der Waals surface area contributed by atoms with Gasteiger partial charge in [0, 0.05) is 5.69 Å². The van der Waals surface area contributed by atoms with Gasteiger partial charge < -0.3 is 10.7 Å². The van der Waals surface area contributed by atoms with Gasteiger partial charge in [-0.1, -0.05) is 0 Å². The number of hydrogen-bond donors (Lipinski definition) is 2. The highest BCUT2D eigenvalue weighted by Gasteiger charge is 2.38. The number of nitrogens with zero attached hydrogens (tertiary/aromatic N) is 1. The molecule has 13 heavy (non-hydrogen) atoms. The molecular formula is C7H6F3N3. The van der Waals surface area contributed by atoms with Gasteiger partial charge in [0.2, 0.25) is 0 Å². The van der Waals surface area contributed by atoms with Crippen LogP contribution < -0.4 is 5.73 Å². The van der Waals surface area contributed by atoms with E-state index in [0.717, 1.165) is 6.07 Å². The fourth-order valence-corrected chi connectivity index (χ4v) is 0.835. The summed E-state index contributed by atoms with van der Waals surface area (Å²) in [7, 11) is 0. The molecule has 0 aliphatic rings. The van der Waals surface area contributed by atoms with Gasteiger partial charge >= 0.3 is 6.18 Å². The number of rotatable bonds is 1. The minimum Gasteiger partial charge on any atom is -0.349 e. The molecule has 0 fully saturated rings. The normalized spacial score (nSPS) is 13.8. The zero-order valence-corrected chi connectivity index (χ0v) is 6.39. The number of nitriles is 1. The van der Waals surface area contributed by atoms with Crippen molar-refractivity contribution in [2.45, 2.75) is 12.2 Å². The molecule has 1 atom stereocenters. The molecule has 70 valence electrons. The SMILES string of the molecule is N#Cc1ccc([C@H](N)C(F)(F)F)[nH]1. The molecule has 0 unspecified atom stereocenters. The van der Waals surface area contributed by atoms with E-state index in [2.05, 4.69) is 4.98 Å². The predicted octanol–water partition coefficient (Wildman–Crippen LogP) is 1.45. The van der Waals surface area contributed by atoms with Gasteiger partial charge in [0.05, 0.1) is 0 Å². The van der Waals surface area contributed by atoms with Gasteiger partial charge in [-0.05, 0) is 12.1 Å². The third kappa shape index (κ3) is 2.00. The second-order valence-corrected chi connectivity index (χ2v) is 2.46. The maximum atomic E-state index is 12.0. The Hall–Kier alpha value is -1.48. The number of nitrogens with two attached hydrogens (primary N) is 1. The number of H-pyrrole nitrogens is 1. The van der Waals surface area contributed by atoms with Crippen LogP contribution in [0.2, 0.25) is 0 Å². The van der Waals surface area contributed by atoms with Crippen molar-refractivity contribution in [3.8, 4) is 6.07 Å². The lowest BCUT2D eigenvalue weighted by Crippen LogP contribution is -2.28. The average molecular weight is 189 g/mol. The fraction of sp³-hybridized carbons (Fsp3) is 0.286. The minimum atomic E-state index is -4.49. The van der Waals surface area contributed by atoms with Crippen LogP contribution >= 0.6 is 0 Å². The molecule has 3 N–H and O–H groups in total. The molecule has 1 rings (SSSR count). The molecule has 0 aliphatic heterocycles. The highest BCUT2D eigenvalue weighted by molar-refractivity contribution is 5.26. The van der Waals surface area contributed by atoms with Crippen molar-refractivity contribution in [2.24, 2.45) is 5.73 Å². The van der Waals surface area contributed by atoms with Crippen molar-refractivity contribution < 1.29 is 13.2 Å². The summed E-state index contributed by atoms with van der Waals surface area (Å²) in [5, 5.41) is 8.33. The number of nitrogens with one attached hydrogen (secondary N) is 1. The van der Waals surface area contributed by atoms with Crippen LogP contribution in [0.3, 0.4) is 0 Å². The largest absolute Gasteiger partial charge is 0.409 e. The Bertz CT molecular complexity index is 333. The van der Waals surface area contributed by atoms with Gasteiger partial charge in [-0.25, -0.2) is 0 Å². The summed E-state index contributed by atoms with van der Waals surface area (Å²) in [6, 6.07) is 2.02. The number of alkyl halides is 3. The molecule has 0 saturated carbocycles. The summed E-state index contributed by atoms with van der Waals surface area (Å²) in [6.07, 6.45) is -4.49. The van der Waals surface area contributed by atoms with Crippen molar-refractivity contribution in [3.05, 3.63) is 23.5 Å². The van der Waals surface area contributed by atoms with Gasteiger partial charge in [0.25, 0.3) is 0 Å². The lowest BCUT2D eigenvalue weighted by Gasteiger charge is -2.13. The Kier molecular flexibility index (Phi) is 2.30. The van der Waals surface area contributed by atoms with Gasteiger partial charge in [-0.15, -0.1) is 0 Å². The molecule has 0 radical (unpaired) electrons. The van der Waals surface area contributed by atoms with Gasteiger partial charge in [-0.3, -0.25) is 0 Å². The summed E-state index contributed by atoms with van der Waals surface area (Å²) in [4.78, 5) is 2.26. The molecular weight excluding hydrogens is 183 g/mol. The average Bonchev–Trinajstić information content (AvgIpc) is 2.48. The first kappa shape index (κ1) is 9.61. The summed E-state index contributed by atoms with van der Waals surface area (Å²) < 4.78 is 36.1. The molecule has 0 bridgehead atoms. The lowest BCUT2D eigenvalue weighted by molar-refractivity contribution is -0.149. The van der Waals surface area contributed by atoms with E-state index in [0.29, 0.717) is 0 Å². The molecule has 1 aromatic rings. The maximum absolute atomic E-state index is 12.0. The number of halogens is 3. The smallest absolute Gasteiger partial charge is 0.349 e. The van der Waals surface area contributed by atoms with Crippen LogP contribution in [0.5, 0.6) is 0 Å². The molecule has 0 amide bonds. The molecule has 1 heterocycles. The monoisotopic (exact) mass is 189 g/mol. The lowest BCUT2D eigenvalue weighted by atomic mass is 10.2. The first-order chi connectivity index (χ1) is 5.95. The molecule has 0 aromatic carbocycles. The van der Waals surface area contributed by atoms with Crippen molar-refractivity contribution in [3.63, 3.8) is 0 Å². The van der Waals surface area contributed by atoms with Crippen LogP contribution in [0.15, 0.2) is 12.1 Å². The van der Waals surface area contributed by atoms with E-state index in [1.165, 1.54) is 6.07 Å². The van der Waals surface area contributed by atoms with Crippen molar-refractivity contribution in [2.75, 3.05) is 0 Å². The van der Waals surface area contributed by atoms with Crippen LogP contribution in [0.4, 0.5) is 13.2 Å². The van der Waals surface area contributed by atoms with E-state index < -0.39 is 12.2 Å². The zero-order valence-electron chi connectivity index (χ0n) is 6.39. The molecule has 0 saturated heterocycles. The topological polar surface area (TPSA) is 65.6 Å². The van der Waals surface area contributed by atoms with E-state index in [-0.39, 0.29) is 11.4 Å². The van der Waals surface area contributed by atoms with E-state index >= 15 is 0 Å². The summed E-state index contributed by atoms with van der Waals surface area (Å²) >= 11 is 0. The molecule has 0 spiro atoms. The Morgan fingerprint density at radius 3 is 2.46 bits per heavy atom. The molecule has 1 aromatic heterocycles. The molecule has 0 aliphatic carbocycles. The van der Waals surface area contributed by atoms with Gasteiger partial charge in [0.1, 0.15) is 17.8 Å². The fourth-order valence-electron chi connectivity index (χ4n) is 0.835. The Morgan fingerprint density at radius 2 is 2.08 bits per heavy atom. The summed E-state index contributed by atoms with van der Waals surface area (Å²) in [5.74, 6) is 0. The minimum absolute atomic E-state index is 0.0645. The third-order valence-electron chi connectivity index (χ3n) is 1.52. The quantitative estimate of drug-likeness (QED) is 0.702. The van der Waals surface area contributed by atoms with Crippen molar-refractivity contribution in [1.29, 1.82) is 5.26 Å². The zero-order chi connectivity index (χ0) is 10.1. The summed E-state index contributed by atoms with van der Waals surface area (Å²) in [5.41, 5.74) is 4.73. The molecule has 6 heteroatoms. The van der Waals surface area contributed by atoms with Crippen LogP contribution in [-0.4, -0.2) is 11.2 Å². The maximum Gasteiger partial charge on any atom is 0.409 e. The molecule has 3 nitrogen and oxygen atoms in total. The van der Waals surface area contributed by atoms with Crippen LogP contribution in [0, 0.1) is 11.3 Å². The first-order valence-corrected chi connectivity index (χ1v) is 3.36. The highest BCUT2D eigenvalue weighted by atomic mass is 19.4. The van der Waals surface area contributed by atoms with E-state index in [4.69, 9.17) is 11.0 Å². The van der Waals surface area contributed by atoms with E-state index in [1.807, 2.05) is 0 Å². The van der Waals surface area contributed by atoms with Gasteiger partial charge in [0.15, 0.2) is 0 Å². The Morgan fingerprint density at radius 1 is 1.46 bits per heavy atom. The Labute approximate surface area is 72.0 Å². The van der Waals surface area contributed by atoms with Crippen molar-refractivity contribution in [1.82, 2.24) is 4.98 Å². The van der Waals surface area contributed by atoms with E-state index in [1.54, 1.807) is 6.07 Å². The van der Waals surface area contributed by atoms with Crippen molar-refractivity contribution >= 4 is 0 Å². The standard InChI is InChI=1S/C7H6F3N3/c8-7(9,10)6(12)5-2-1-4(3-11)13-5/h1-2,6,13H,12H2/t6-/m0/s1. The predicted molar refractivity (Wildman–Crippen MR) is 38.5 cm³/mol. The second kappa shape index (κ2) is 3.11. The highest BCUT2D eigenvalue weighted by Crippen LogP contribution is 2.29. The number of aromatic nitrogens is 1. The van der Waals surface area contributed by atoms with Crippen LogP contribution in [-0.2, 0) is 0 Å². The summed E-state index contributed by atoms with van der Waals surface area (Å²) in [6.45, 7) is 0. The van der Waals surface area contributed by atoms with Gasteiger partial charge in [-0.2, -0.15) is 18.4 Å². The first-order valence-electron chi connectivity index (χ1n) is 3.36.